The van der Waals surface area contributed by atoms with Gasteiger partial charge in [-0.2, -0.15) is 0 Å². The maximum atomic E-state index is 14.5. The Morgan fingerprint density at radius 2 is 1.66 bits per heavy atom. The lowest BCUT2D eigenvalue weighted by Crippen LogP contribution is -2.55. The van der Waals surface area contributed by atoms with Crippen LogP contribution in [-0.2, 0) is 35.2 Å². The van der Waals surface area contributed by atoms with Crippen molar-refractivity contribution in [3.63, 3.8) is 0 Å². The van der Waals surface area contributed by atoms with Crippen molar-refractivity contribution in [1.82, 2.24) is 14.7 Å². The molecule has 0 unspecified atom stereocenters. The largest absolute Gasteiger partial charge is 0.455 e. The van der Waals surface area contributed by atoms with Gasteiger partial charge in [-0.25, -0.2) is 0 Å². The summed E-state index contributed by atoms with van der Waals surface area (Å²) in [6.07, 6.45) is 7.24. The van der Waals surface area contributed by atoms with Gasteiger partial charge in [-0.3, -0.25) is 19.2 Å². The number of likely N-dealkylation sites (N-methyl/N-ethyl adjacent to an activating group) is 1. The summed E-state index contributed by atoms with van der Waals surface area (Å²) in [5.41, 5.74) is 0.282. The van der Waals surface area contributed by atoms with Gasteiger partial charge in [0.05, 0.1) is 18.1 Å². The smallest absolute Gasteiger partial charge is 0.313 e. The van der Waals surface area contributed by atoms with Crippen molar-refractivity contribution in [3.05, 3.63) is 96.1 Å². The first-order chi connectivity index (χ1) is 22.8. The first kappa shape index (κ1) is 32.7. The summed E-state index contributed by atoms with van der Waals surface area (Å²) in [6.45, 7) is 2.72. The van der Waals surface area contributed by atoms with Gasteiger partial charge >= 0.3 is 5.97 Å². The number of benzene rings is 2. The Labute approximate surface area is 275 Å². The molecule has 2 aromatic carbocycles. The molecule has 2 aromatic rings. The number of likely N-dealkylation sites (tertiary alicyclic amines) is 1. The molecule has 6 rings (SSSR count). The average Bonchev–Trinajstić information content (AvgIpc) is 3.47. The molecule has 4 aliphatic heterocycles. The zero-order valence-electron chi connectivity index (χ0n) is 26.9. The van der Waals surface area contributed by atoms with E-state index in [9.17, 15) is 24.3 Å². The summed E-state index contributed by atoms with van der Waals surface area (Å²) in [5, 5.41) is 9.51. The van der Waals surface area contributed by atoms with E-state index in [1.165, 1.54) is 0 Å². The Bertz CT molecular complexity index is 1530. The van der Waals surface area contributed by atoms with E-state index in [0.29, 0.717) is 32.4 Å². The molecule has 0 saturated carbocycles. The Morgan fingerprint density at radius 1 is 0.936 bits per heavy atom. The van der Waals surface area contributed by atoms with Crippen LogP contribution in [0, 0.1) is 11.8 Å². The maximum Gasteiger partial charge on any atom is 0.313 e. The lowest BCUT2D eigenvalue weighted by atomic mass is 9.77. The van der Waals surface area contributed by atoms with Crippen LogP contribution in [-0.4, -0.2) is 94.0 Å². The fraction of sp³-hybridized carbons (Fsp3) is 0.459. The minimum atomic E-state index is -1.40. The van der Waals surface area contributed by atoms with Crippen molar-refractivity contribution in [3.8, 4) is 0 Å². The predicted molar refractivity (Wildman–Crippen MR) is 173 cm³/mol. The summed E-state index contributed by atoms with van der Waals surface area (Å²) in [4.78, 5) is 61.5. The maximum absolute atomic E-state index is 14.5. The SMILES string of the molecule is C[C@H]1[C@H](c2ccccc2)OC(=O)[C@@H]2[C@H](/C=C\CCC(=O)N1C)O[C@@]13C=CCN(Cc4ccccc4)C(=O)[C@@H]1N(CCCCO)C(=O)[C@@H]23. The van der Waals surface area contributed by atoms with E-state index in [1.54, 1.807) is 27.8 Å². The van der Waals surface area contributed by atoms with Crippen molar-refractivity contribution < 1.29 is 33.8 Å². The first-order valence-electron chi connectivity index (χ1n) is 16.5. The van der Waals surface area contributed by atoms with Crippen LogP contribution in [0.3, 0.4) is 0 Å². The number of ether oxygens (including phenoxy) is 2. The third-order valence-electron chi connectivity index (χ3n) is 10.0. The van der Waals surface area contributed by atoms with Gasteiger partial charge in [0.2, 0.25) is 17.7 Å². The quantitative estimate of drug-likeness (QED) is 0.280. The molecule has 3 amide bonds. The molecule has 47 heavy (non-hydrogen) atoms. The Morgan fingerprint density at radius 3 is 2.38 bits per heavy atom. The van der Waals surface area contributed by atoms with Crippen LogP contribution < -0.4 is 0 Å². The topological polar surface area (TPSA) is 117 Å². The van der Waals surface area contributed by atoms with Crippen LogP contribution in [0.5, 0.6) is 0 Å². The fourth-order valence-electron chi connectivity index (χ4n) is 7.51. The molecule has 248 valence electrons. The molecule has 0 aromatic heterocycles. The normalized spacial score (nSPS) is 31.8. The van der Waals surface area contributed by atoms with Crippen molar-refractivity contribution >= 4 is 23.7 Å². The predicted octanol–water partition coefficient (Wildman–Crippen LogP) is 3.42. The molecule has 0 aliphatic carbocycles. The van der Waals surface area contributed by atoms with E-state index in [0.717, 1.165) is 11.1 Å². The molecule has 4 aliphatic rings. The summed E-state index contributed by atoms with van der Waals surface area (Å²) < 4.78 is 13.1. The molecule has 1 N–H and O–H groups in total. The highest BCUT2D eigenvalue weighted by Gasteiger charge is 2.71. The number of unbranched alkanes of at least 4 members (excludes halogenated alkanes) is 1. The number of hydrogen-bond acceptors (Lipinski definition) is 7. The standard InChI is InChI=1S/C37H43N3O7/c1-25-32(27-16-7-4-8-17-27)46-36(45)30-28(18-9-10-19-29(42)38(25)2)47-37-20-13-21-39(24-26-14-5-3-6-15-26)35(44)33(37)40(22-11-12-23-41)34(43)31(30)37/h3-9,13-18,20,25,28,30-33,41H,10-12,19,21-24H2,1-2H3/b18-9-/t25-,28-,30+,31+,32+,33-,37+/m0/s1. The molecule has 7 atom stereocenters. The van der Waals surface area contributed by atoms with Crippen molar-refractivity contribution in [2.75, 3.05) is 26.7 Å². The molecule has 10 nitrogen and oxygen atoms in total. The van der Waals surface area contributed by atoms with Gasteiger partial charge in [-0.05, 0) is 37.3 Å². The molecule has 4 heterocycles. The van der Waals surface area contributed by atoms with Crippen molar-refractivity contribution in [2.45, 2.75) is 69.0 Å². The molecular formula is C37H43N3O7. The highest BCUT2D eigenvalue weighted by Crippen LogP contribution is 2.53. The zero-order chi connectivity index (χ0) is 33.1. The minimum Gasteiger partial charge on any atom is -0.455 e. The van der Waals surface area contributed by atoms with E-state index in [4.69, 9.17) is 9.47 Å². The van der Waals surface area contributed by atoms with E-state index >= 15 is 0 Å². The van der Waals surface area contributed by atoms with Gasteiger partial charge in [0, 0.05) is 39.7 Å². The highest BCUT2D eigenvalue weighted by atomic mass is 16.6. The Balaban J connectivity index is 1.41. The number of aliphatic hydroxyl groups is 1. The van der Waals surface area contributed by atoms with E-state index < -0.39 is 47.7 Å². The molecule has 10 heteroatoms. The van der Waals surface area contributed by atoms with Gasteiger partial charge in [0.1, 0.15) is 23.7 Å². The summed E-state index contributed by atoms with van der Waals surface area (Å²) in [5.74, 6) is -3.32. The third-order valence-corrected chi connectivity index (χ3v) is 10.0. The number of amides is 3. The van der Waals surface area contributed by atoms with Crippen molar-refractivity contribution in [1.29, 1.82) is 0 Å². The van der Waals surface area contributed by atoms with Crippen LogP contribution in [0.1, 0.15) is 49.8 Å². The van der Waals surface area contributed by atoms with Crippen LogP contribution in [0.4, 0.5) is 0 Å². The van der Waals surface area contributed by atoms with Crippen LogP contribution in [0.25, 0.3) is 0 Å². The number of carbonyl (C=O) groups excluding carboxylic acids is 4. The molecular weight excluding hydrogens is 598 g/mol. The Hall–Kier alpha value is -4.28. The lowest BCUT2D eigenvalue weighted by molar-refractivity contribution is -0.164. The number of hydrogen-bond donors (Lipinski definition) is 1. The number of aliphatic hydroxyl groups excluding tert-OH is 1. The lowest BCUT2D eigenvalue weighted by Gasteiger charge is -2.35. The second-order valence-corrected chi connectivity index (χ2v) is 12.9. The number of rotatable bonds is 7. The summed E-state index contributed by atoms with van der Waals surface area (Å²) >= 11 is 0. The molecule has 0 bridgehead atoms. The third kappa shape index (κ3) is 6.12. The first-order valence-corrected chi connectivity index (χ1v) is 16.5. The van der Waals surface area contributed by atoms with E-state index in [1.807, 2.05) is 85.8 Å². The number of fused-ring (bicyclic) bond motifs is 2. The second-order valence-electron chi connectivity index (χ2n) is 12.9. The monoisotopic (exact) mass is 641 g/mol. The van der Waals surface area contributed by atoms with Gasteiger partial charge < -0.3 is 29.3 Å². The number of carbonyl (C=O) groups is 4. The van der Waals surface area contributed by atoms with Gasteiger partial charge in [-0.1, -0.05) is 85.0 Å². The fourth-order valence-corrected chi connectivity index (χ4v) is 7.51. The van der Waals surface area contributed by atoms with Gasteiger partial charge in [0.15, 0.2) is 0 Å². The number of allylic oxidation sites excluding steroid dienone is 1. The van der Waals surface area contributed by atoms with Gasteiger partial charge in [-0.15, -0.1) is 0 Å². The molecule has 0 radical (unpaired) electrons. The van der Waals surface area contributed by atoms with Gasteiger partial charge in [0.25, 0.3) is 0 Å². The van der Waals surface area contributed by atoms with Crippen molar-refractivity contribution in [2.24, 2.45) is 11.8 Å². The van der Waals surface area contributed by atoms with E-state index in [2.05, 4.69) is 0 Å². The van der Waals surface area contributed by atoms with Crippen LogP contribution in [0.15, 0.2) is 85.0 Å². The number of cyclic esters (lactones) is 1. The van der Waals surface area contributed by atoms with Crippen LogP contribution in [0.2, 0.25) is 0 Å². The Kier molecular flexibility index (Phi) is 9.61. The summed E-state index contributed by atoms with van der Waals surface area (Å²) in [6, 6.07) is 17.5. The molecule has 1 spiro atoms. The second kappa shape index (κ2) is 13.8. The van der Waals surface area contributed by atoms with E-state index in [-0.39, 0.29) is 37.3 Å². The average molecular weight is 642 g/mol. The van der Waals surface area contributed by atoms with Crippen LogP contribution >= 0.6 is 0 Å². The minimum absolute atomic E-state index is 0.0381. The highest BCUT2D eigenvalue weighted by molar-refractivity contribution is 5.99. The molecule has 2 fully saturated rings. The number of nitrogens with zero attached hydrogens (tertiary/aromatic N) is 3. The molecule has 2 saturated heterocycles. The summed E-state index contributed by atoms with van der Waals surface area (Å²) in [7, 11) is 1.71. The zero-order valence-corrected chi connectivity index (χ0v) is 26.9. The number of esters is 1.